The maximum atomic E-state index is 4.64. The van der Waals surface area contributed by atoms with E-state index in [1.165, 1.54) is 24.8 Å². The van der Waals surface area contributed by atoms with Crippen LogP contribution in [-0.4, -0.2) is 54.1 Å². The van der Waals surface area contributed by atoms with E-state index in [0.717, 1.165) is 30.8 Å². The maximum Gasteiger partial charge on any atom is 0.137 e. The molecule has 1 aromatic heterocycles. The number of likely N-dealkylation sites (N-methyl/N-ethyl adjacent to an activating group) is 1. The average molecular weight is 289 g/mol. The van der Waals surface area contributed by atoms with Gasteiger partial charge in [0, 0.05) is 37.8 Å². The molecule has 1 N–H and O–H groups in total. The summed E-state index contributed by atoms with van der Waals surface area (Å²) in [4.78, 5) is 14.1. The SMILES string of the molecule is CNc1ncnc(N2CCC3CCC(C2)N3C)c1C(C)C. The van der Waals surface area contributed by atoms with Crippen LogP contribution >= 0.6 is 0 Å². The summed E-state index contributed by atoms with van der Waals surface area (Å²) in [6.45, 7) is 6.64. The van der Waals surface area contributed by atoms with Gasteiger partial charge in [-0.1, -0.05) is 13.8 Å². The number of aromatic nitrogens is 2. The van der Waals surface area contributed by atoms with E-state index < -0.39 is 0 Å². The second kappa shape index (κ2) is 5.79. The lowest BCUT2D eigenvalue weighted by molar-refractivity contribution is 0.254. The fourth-order valence-electron chi connectivity index (χ4n) is 3.87. The molecule has 116 valence electrons. The average Bonchev–Trinajstić information content (AvgIpc) is 2.71. The van der Waals surface area contributed by atoms with Gasteiger partial charge in [0.05, 0.1) is 0 Å². The van der Waals surface area contributed by atoms with E-state index in [-0.39, 0.29) is 0 Å². The summed E-state index contributed by atoms with van der Waals surface area (Å²) in [5.41, 5.74) is 1.25. The minimum Gasteiger partial charge on any atom is -0.373 e. The Labute approximate surface area is 127 Å². The first-order chi connectivity index (χ1) is 10.1. The number of hydrogen-bond acceptors (Lipinski definition) is 5. The van der Waals surface area contributed by atoms with Crippen molar-refractivity contribution in [3.63, 3.8) is 0 Å². The minimum absolute atomic E-state index is 0.418. The summed E-state index contributed by atoms with van der Waals surface area (Å²) in [7, 11) is 4.23. The van der Waals surface area contributed by atoms with Gasteiger partial charge >= 0.3 is 0 Å². The predicted octanol–water partition coefficient (Wildman–Crippen LogP) is 2.31. The number of fused-ring (bicyclic) bond motifs is 2. The van der Waals surface area contributed by atoms with Gasteiger partial charge in [0.1, 0.15) is 18.0 Å². The highest BCUT2D eigenvalue weighted by Gasteiger charge is 2.35. The molecular formula is C16H27N5. The molecule has 2 atom stereocenters. The number of rotatable bonds is 3. The molecule has 0 aliphatic carbocycles. The van der Waals surface area contributed by atoms with E-state index in [0.29, 0.717) is 12.0 Å². The Morgan fingerprint density at radius 1 is 1.19 bits per heavy atom. The molecule has 21 heavy (non-hydrogen) atoms. The van der Waals surface area contributed by atoms with Crippen LogP contribution in [-0.2, 0) is 0 Å². The third kappa shape index (κ3) is 2.59. The quantitative estimate of drug-likeness (QED) is 0.925. The van der Waals surface area contributed by atoms with Gasteiger partial charge in [-0.25, -0.2) is 9.97 Å². The zero-order valence-corrected chi connectivity index (χ0v) is 13.6. The van der Waals surface area contributed by atoms with Crippen molar-refractivity contribution < 1.29 is 0 Å². The molecule has 0 spiro atoms. The zero-order chi connectivity index (χ0) is 15.0. The van der Waals surface area contributed by atoms with Crippen molar-refractivity contribution in [2.24, 2.45) is 0 Å². The van der Waals surface area contributed by atoms with E-state index in [9.17, 15) is 0 Å². The number of anilines is 2. The lowest BCUT2D eigenvalue weighted by Gasteiger charge is -2.29. The van der Waals surface area contributed by atoms with E-state index in [2.05, 4.69) is 46.0 Å². The Balaban J connectivity index is 1.93. The molecule has 0 aromatic carbocycles. The molecule has 5 nitrogen and oxygen atoms in total. The highest BCUT2D eigenvalue weighted by Crippen LogP contribution is 2.35. The summed E-state index contributed by atoms with van der Waals surface area (Å²) in [6, 6.07) is 1.43. The Kier molecular flexibility index (Phi) is 4.02. The van der Waals surface area contributed by atoms with E-state index >= 15 is 0 Å². The third-order valence-electron chi connectivity index (χ3n) is 5.12. The van der Waals surface area contributed by atoms with Crippen LogP contribution in [0.2, 0.25) is 0 Å². The molecule has 3 rings (SSSR count). The van der Waals surface area contributed by atoms with Crippen LogP contribution in [0.25, 0.3) is 0 Å². The molecule has 0 amide bonds. The van der Waals surface area contributed by atoms with Gasteiger partial charge < -0.3 is 10.2 Å². The third-order valence-corrected chi connectivity index (χ3v) is 5.12. The van der Waals surface area contributed by atoms with Gasteiger partial charge in [0.2, 0.25) is 0 Å². The minimum atomic E-state index is 0.418. The molecule has 0 saturated carbocycles. The van der Waals surface area contributed by atoms with Gasteiger partial charge in [-0.2, -0.15) is 0 Å². The zero-order valence-electron chi connectivity index (χ0n) is 13.6. The van der Waals surface area contributed by atoms with Crippen LogP contribution in [0.15, 0.2) is 6.33 Å². The summed E-state index contributed by atoms with van der Waals surface area (Å²) < 4.78 is 0. The lowest BCUT2D eigenvalue weighted by Crippen LogP contribution is -2.37. The van der Waals surface area contributed by atoms with E-state index in [1.54, 1.807) is 6.33 Å². The van der Waals surface area contributed by atoms with Crippen molar-refractivity contribution in [2.75, 3.05) is 37.4 Å². The molecule has 1 aromatic rings. The molecule has 5 heteroatoms. The summed E-state index contributed by atoms with van der Waals surface area (Å²) >= 11 is 0. The molecule has 2 saturated heterocycles. The monoisotopic (exact) mass is 289 g/mol. The van der Waals surface area contributed by atoms with Gasteiger partial charge in [-0.05, 0) is 32.2 Å². The Hall–Kier alpha value is -1.36. The highest BCUT2D eigenvalue weighted by molar-refractivity contribution is 5.60. The van der Waals surface area contributed by atoms with E-state index in [1.807, 2.05) is 7.05 Å². The summed E-state index contributed by atoms with van der Waals surface area (Å²) in [6.07, 6.45) is 5.61. The van der Waals surface area contributed by atoms with Crippen LogP contribution in [0.3, 0.4) is 0 Å². The Bertz CT molecular complexity index is 501. The fourth-order valence-corrected chi connectivity index (χ4v) is 3.87. The maximum absolute atomic E-state index is 4.64. The van der Waals surface area contributed by atoms with Crippen LogP contribution < -0.4 is 10.2 Å². The van der Waals surface area contributed by atoms with Crippen LogP contribution in [0.5, 0.6) is 0 Å². The van der Waals surface area contributed by atoms with Crippen LogP contribution in [0, 0.1) is 0 Å². The number of nitrogens with one attached hydrogen (secondary N) is 1. The summed E-state index contributed by atoms with van der Waals surface area (Å²) in [5.74, 6) is 2.52. The molecule has 2 aliphatic rings. The van der Waals surface area contributed by atoms with Crippen molar-refractivity contribution in [3.05, 3.63) is 11.9 Å². The van der Waals surface area contributed by atoms with Crippen molar-refractivity contribution >= 4 is 11.6 Å². The topological polar surface area (TPSA) is 44.3 Å². The summed E-state index contributed by atoms with van der Waals surface area (Å²) in [5, 5.41) is 3.23. The number of nitrogens with zero attached hydrogens (tertiary/aromatic N) is 4. The van der Waals surface area contributed by atoms with Gasteiger partial charge in [-0.15, -0.1) is 0 Å². The first-order valence-corrected chi connectivity index (χ1v) is 8.11. The van der Waals surface area contributed by atoms with Crippen LogP contribution in [0.1, 0.15) is 44.6 Å². The fraction of sp³-hybridized carbons (Fsp3) is 0.750. The second-order valence-electron chi connectivity index (χ2n) is 6.65. The van der Waals surface area contributed by atoms with Gasteiger partial charge in [0.25, 0.3) is 0 Å². The molecule has 2 fully saturated rings. The van der Waals surface area contributed by atoms with Gasteiger partial charge in [-0.3, -0.25) is 4.90 Å². The number of hydrogen-bond donors (Lipinski definition) is 1. The lowest BCUT2D eigenvalue weighted by atomic mass is 10.0. The molecule has 2 unspecified atom stereocenters. The van der Waals surface area contributed by atoms with Gasteiger partial charge in [0.15, 0.2) is 0 Å². The standard InChI is InChI=1S/C16H27N5/c1-11(2)14-15(17-3)18-10-19-16(14)21-8-7-12-5-6-13(9-21)20(12)4/h10-13H,5-9H2,1-4H3,(H,17,18,19). The largest absolute Gasteiger partial charge is 0.373 e. The Morgan fingerprint density at radius 3 is 2.67 bits per heavy atom. The van der Waals surface area contributed by atoms with Crippen molar-refractivity contribution in [3.8, 4) is 0 Å². The molecular weight excluding hydrogens is 262 g/mol. The van der Waals surface area contributed by atoms with Crippen molar-refractivity contribution in [1.82, 2.24) is 14.9 Å². The van der Waals surface area contributed by atoms with Crippen molar-refractivity contribution in [2.45, 2.75) is 51.1 Å². The first-order valence-electron chi connectivity index (χ1n) is 8.11. The highest BCUT2D eigenvalue weighted by atomic mass is 15.3. The normalized spacial score (nSPS) is 26.2. The predicted molar refractivity (Wildman–Crippen MR) is 87.1 cm³/mol. The smallest absolute Gasteiger partial charge is 0.137 e. The Morgan fingerprint density at radius 2 is 1.95 bits per heavy atom. The molecule has 0 radical (unpaired) electrons. The first kappa shape index (κ1) is 14.6. The second-order valence-corrected chi connectivity index (χ2v) is 6.65. The molecule has 2 bridgehead atoms. The van der Waals surface area contributed by atoms with E-state index in [4.69, 9.17) is 0 Å². The molecule has 2 aliphatic heterocycles. The molecule has 3 heterocycles. The van der Waals surface area contributed by atoms with Crippen molar-refractivity contribution in [1.29, 1.82) is 0 Å². The van der Waals surface area contributed by atoms with Crippen LogP contribution in [0.4, 0.5) is 11.6 Å².